The molecule has 2 atom stereocenters. The Bertz CT molecular complexity index is 1100. The molecule has 168 valence electrons. The number of hydrogen-bond donors (Lipinski definition) is 3. The second-order valence-electron chi connectivity index (χ2n) is 7.90. The summed E-state index contributed by atoms with van der Waals surface area (Å²) in [5, 5.41) is 24.2. The first-order chi connectivity index (χ1) is 14.9. The fraction of sp³-hybridized carbons (Fsp3) is 0.240. The van der Waals surface area contributed by atoms with Crippen molar-refractivity contribution in [3.63, 3.8) is 0 Å². The molecule has 0 bridgehead atoms. The Labute approximate surface area is 203 Å². The first kappa shape index (κ1) is 24.6. The number of nitrogens with one attached hydrogen (secondary N) is 1. The van der Waals surface area contributed by atoms with Gasteiger partial charge in [-0.25, -0.2) is 4.79 Å². The number of aromatic carboxylic acids is 1. The molecule has 0 saturated carbocycles. The van der Waals surface area contributed by atoms with E-state index in [1.165, 1.54) is 17.2 Å². The van der Waals surface area contributed by atoms with Crippen molar-refractivity contribution in [3.05, 3.63) is 93.0 Å². The topological polar surface area (TPSA) is 69.6 Å². The van der Waals surface area contributed by atoms with Gasteiger partial charge in [0.25, 0.3) is 0 Å². The molecule has 0 aliphatic heterocycles. The number of carboxylic acid groups (broad SMARTS) is 1. The summed E-state index contributed by atoms with van der Waals surface area (Å²) >= 11 is 12.3. The Kier molecular flexibility index (Phi) is 8.21. The highest BCUT2D eigenvalue weighted by molar-refractivity contribution is 6.33. The van der Waals surface area contributed by atoms with Crippen molar-refractivity contribution in [1.82, 2.24) is 5.32 Å². The zero-order chi connectivity index (χ0) is 22.0. The fourth-order valence-electron chi connectivity index (χ4n) is 4.06. The van der Waals surface area contributed by atoms with Crippen LogP contribution in [0.3, 0.4) is 0 Å². The van der Waals surface area contributed by atoms with E-state index in [2.05, 4.69) is 17.4 Å². The lowest BCUT2D eigenvalue weighted by atomic mass is 9.86. The van der Waals surface area contributed by atoms with E-state index in [0.717, 1.165) is 36.0 Å². The van der Waals surface area contributed by atoms with Crippen LogP contribution in [0.15, 0.2) is 60.7 Å². The van der Waals surface area contributed by atoms with Crippen molar-refractivity contribution < 1.29 is 15.0 Å². The Morgan fingerprint density at radius 1 is 1.03 bits per heavy atom. The number of aryl methyl sites for hydroxylation is 1. The Morgan fingerprint density at radius 2 is 1.78 bits per heavy atom. The van der Waals surface area contributed by atoms with E-state index in [4.69, 9.17) is 28.3 Å². The molecule has 1 aliphatic rings. The summed E-state index contributed by atoms with van der Waals surface area (Å²) in [6.45, 7) is 0.476. The van der Waals surface area contributed by atoms with Gasteiger partial charge in [-0.2, -0.15) is 0 Å². The molecule has 0 heterocycles. The Morgan fingerprint density at radius 3 is 2.47 bits per heavy atom. The van der Waals surface area contributed by atoms with Crippen LogP contribution in [0, 0.1) is 0 Å². The summed E-state index contributed by atoms with van der Waals surface area (Å²) in [4.78, 5) is 11.2. The third-order valence-electron chi connectivity index (χ3n) is 5.82. The van der Waals surface area contributed by atoms with Crippen LogP contribution in [-0.4, -0.2) is 28.8 Å². The molecular formula is C25H24Cl3NO3. The van der Waals surface area contributed by atoms with Crippen LogP contribution in [-0.2, 0) is 12.8 Å². The molecule has 0 fully saturated rings. The zero-order valence-corrected chi connectivity index (χ0v) is 19.6. The average Bonchev–Trinajstić information content (AvgIpc) is 2.77. The van der Waals surface area contributed by atoms with E-state index in [-0.39, 0.29) is 24.0 Å². The highest BCUT2D eigenvalue weighted by Gasteiger charge is 2.20. The van der Waals surface area contributed by atoms with Crippen molar-refractivity contribution in [3.8, 4) is 11.1 Å². The van der Waals surface area contributed by atoms with E-state index in [0.29, 0.717) is 16.6 Å². The first-order valence-corrected chi connectivity index (χ1v) is 11.0. The van der Waals surface area contributed by atoms with Crippen molar-refractivity contribution >= 4 is 41.6 Å². The average molecular weight is 493 g/mol. The molecule has 4 rings (SSSR count). The standard InChI is InChI=1S/C25H23Cl2NO3.ClH/c26-20-7-3-16(4-8-20)24(29)14-28-21-9-5-15-1-2-17(11-19(15)12-21)22-10-6-18(25(30)31)13-23(22)27;/h1-4,6-8,10-11,13,21,24,28-29H,5,9,12,14H2,(H,30,31);1H/t21-,24+;/m0./s1. The lowest BCUT2D eigenvalue weighted by Gasteiger charge is -2.27. The van der Waals surface area contributed by atoms with Crippen LogP contribution in [0.5, 0.6) is 0 Å². The maximum Gasteiger partial charge on any atom is 0.335 e. The second kappa shape index (κ2) is 10.7. The van der Waals surface area contributed by atoms with E-state index < -0.39 is 12.1 Å². The number of rotatable bonds is 6. The van der Waals surface area contributed by atoms with Crippen LogP contribution in [0.25, 0.3) is 11.1 Å². The predicted molar refractivity (Wildman–Crippen MR) is 131 cm³/mol. The summed E-state index contributed by atoms with van der Waals surface area (Å²) in [5.41, 5.74) is 5.38. The lowest BCUT2D eigenvalue weighted by molar-refractivity contribution is 0.0697. The van der Waals surface area contributed by atoms with Crippen molar-refractivity contribution in [2.24, 2.45) is 0 Å². The van der Waals surface area contributed by atoms with Crippen LogP contribution in [0.2, 0.25) is 10.0 Å². The van der Waals surface area contributed by atoms with Crippen molar-refractivity contribution in [2.75, 3.05) is 6.54 Å². The minimum atomic E-state index is -0.992. The highest BCUT2D eigenvalue weighted by Crippen LogP contribution is 2.32. The van der Waals surface area contributed by atoms with Gasteiger partial charge < -0.3 is 15.5 Å². The number of aliphatic hydroxyl groups is 1. The van der Waals surface area contributed by atoms with Crippen LogP contribution < -0.4 is 5.32 Å². The number of fused-ring (bicyclic) bond motifs is 1. The monoisotopic (exact) mass is 491 g/mol. The number of benzene rings is 3. The minimum Gasteiger partial charge on any atom is -0.478 e. The van der Waals surface area contributed by atoms with E-state index in [9.17, 15) is 9.90 Å². The number of carbonyl (C=O) groups is 1. The van der Waals surface area contributed by atoms with Crippen molar-refractivity contribution in [2.45, 2.75) is 31.4 Å². The molecule has 0 saturated heterocycles. The summed E-state index contributed by atoms with van der Waals surface area (Å²) in [6.07, 6.45) is 2.25. The molecule has 0 unspecified atom stereocenters. The van der Waals surface area contributed by atoms with Gasteiger partial charge in [-0.05, 0) is 65.8 Å². The third kappa shape index (κ3) is 5.64. The molecule has 0 amide bonds. The Balaban J connectivity index is 0.00000289. The second-order valence-corrected chi connectivity index (χ2v) is 8.74. The van der Waals surface area contributed by atoms with E-state index in [1.54, 1.807) is 24.3 Å². The third-order valence-corrected chi connectivity index (χ3v) is 6.38. The van der Waals surface area contributed by atoms with Gasteiger partial charge in [0.2, 0.25) is 0 Å². The summed E-state index contributed by atoms with van der Waals surface area (Å²) in [6, 6.07) is 18.7. The van der Waals surface area contributed by atoms with Gasteiger partial charge in [0, 0.05) is 28.2 Å². The van der Waals surface area contributed by atoms with Gasteiger partial charge in [-0.3, -0.25) is 0 Å². The van der Waals surface area contributed by atoms with Gasteiger partial charge in [0.1, 0.15) is 0 Å². The molecule has 0 radical (unpaired) electrons. The van der Waals surface area contributed by atoms with Gasteiger partial charge >= 0.3 is 5.97 Å². The summed E-state index contributed by atoms with van der Waals surface area (Å²) in [5.74, 6) is -0.992. The molecule has 3 aromatic rings. The summed E-state index contributed by atoms with van der Waals surface area (Å²) < 4.78 is 0. The maximum atomic E-state index is 11.2. The predicted octanol–water partition coefficient (Wildman–Crippen LogP) is 5.96. The molecule has 1 aliphatic carbocycles. The van der Waals surface area contributed by atoms with E-state index in [1.807, 2.05) is 18.2 Å². The molecule has 0 spiro atoms. The zero-order valence-electron chi connectivity index (χ0n) is 17.2. The number of carboxylic acids is 1. The van der Waals surface area contributed by atoms with Gasteiger partial charge in [0.05, 0.1) is 11.7 Å². The smallest absolute Gasteiger partial charge is 0.335 e. The van der Waals surface area contributed by atoms with Gasteiger partial charge in [-0.1, -0.05) is 59.6 Å². The normalized spacial score (nSPS) is 16.0. The first-order valence-electron chi connectivity index (χ1n) is 10.2. The molecule has 3 aromatic carbocycles. The minimum absolute atomic E-state index is 0. The van der Waals surface area contributed by atoms with Crippen LogP contribution in [0.4, 0.5) is 0 Å². The molecule has 3 N–H and O–H groups in total. The lowest BCUT2D eigenvalue weighted by Crippen LogP contribution is -2.37. The number of halogens is 3. The SMILES string of the molecule is Cl.O=C(O)c1ccc(-c2ccc3c(c2)C[C@@H](NC[C@@H](O)c2ccc(Cl)cc2)CC3)c(Cl)c1. The largest absolute Gasteiger partial charge is 0.478 e. The van der Waals surface area contributed by atoms with Gasteiger partial charge in [-0.15, -0.1) is 12.4 Å². The number of aliphatic hydroxyl groups excluding tert-OH is 1. The molecular weight excluding hydrogens is 469 g/mol. The maximum absolute atomic E-state index is 11.2. The molecule has 4 nitrogen and oxygen atoms in total. The quantitative estimate of drug-likeness (QED) is 0.397. The highest BCUT2D eigenvalue weighted by atomic mass is 35.5. The number of hydrogen-bond acceptors (Lipinski definition) is 3. The molecule has 0 aromatic heterocycles. The van der Waals surface area contributed by atoms with E-state index >= 15 is 0 Å². The van der Waals surface area contributed by atoms with Gasteiger partial charge in [0.15, 0.2) is 0 Å². The van der Waals surface area contributed by atoms with Crippen LogP contribution >= 0.6 is 35.6 Å². The fourth-order valence-corrected chi connectivity index (χ4v) is 4.48. The Hall–Kier alpha value is -2.08. The van der Waals surface area contributed by atoms with Crippen LogP contribution in [0.1, 0.15) is 39.6 Å². The summed E-state index contributed by atoms with van der Waals surface area (Å²) in [7, 11) is 0. The molecule has 32 heavy (non-hydrogen) atoms. The van der Waals surface area contributed by atoms with Crippen molar-refractivity contribution in [1.29, 1.82) is 0 Å². The molecule has 7 heteroatoms.